The van der Waals surface area contributed by atoms with E-state index in [9.17, 15) is 8.42 Å². The minimum Gasteiger partial charge on any atom is -0.215 e. The van der Waals surface area contributed by atoms with Gasteiger partial charge in [-0.1, -0.05) is 52.7 Å². The van der Waals surface area contributed by atoms with Gasteiger partial charge in [0.1, 0.15) is 0 Å². The van der Waals surface area contributed by atoms with Crippen molar-refractivity contribution in [1.29, 1.82) is 0 Å². The van der Waals surface area contributed by atoms with Crippen molar-refractivity contribution in [2.75, 3.05) is 11.9 Å². The van der Waals surface area contributed by atoms with Crippen molar-refractivity contribution in [3.63, 3.8) is 0 Å². The van der Waals surface area contributed by atoms with Crippen LogP contribution in [0.15, 0.2) is 30.3 Å². The first-order chi connectivity index (χ1) is 9.11. The maximum absolute atomic E-state index is 12.0. The van der Waals surface area contributed by atoms with Gasteiger partial charge >= 0.3 is 0 Å². The van der Waals surface area contributed by atoms with Crippen LogP contribution in [0, 0.1) is 11.8 Å². The Kier molecular flexibility index (Phi) is 5.42. The lowest BCUT2D eigenvalue weighted by atomic mass is 9.99. The zero-order valence-corrected chi connectivity index (χ0v) is 13.3. The quantitative estimate of drug-likeness (QED) is 0.805. The summed E-state index contributed by atoms with van der Waals surface area (Å²) in [6.07, 6.45) is 3.54. The maximum atomic E-state index is 12.0. The van der Waals surface area contributed by atoms with Crippen LogP contribution >= 0.6 is 15.9 Å². The van der Waals surface area contributed by atoms with E-state index in [2.05, 4.69) is 20.7 Å². The second-order valence-electron chi connectivity index (χ2n) is 5.20. The number of alkyl halides is 1. The molecule has 0 radical (unpaired) electrons. The molecule has 1 saturated carbocycles. The fourth-order valence-corrected chi connectivity index (χ4v) is 4.72. The first-order valence-corrected chi connectivity index (χ1v) is 9.45. The lowest BCUT2D eigenvalue weighted by molar-refractivity contribution is 0.422. The highest BCUT2D eigenvalue weighted by Gasteiger charge is 2.27. The summed E-state index contributed by atoms with van der Waals surface area (Å²) in [5, 5.41) is 0.970. The first-order valence-electron chi connectivity index (χ1n) is 6.68. The van der Waals surface area contributed by atoms with Crippen molar-refractivity contribution in [2.45, 2.75) is 25.0 Å². The van der Waals surface area contributed by atoms with Gasteiger partial charge in [-0.25, -0.2) is 13.1 Å². The highest BCUT2D eigenvalue weighted by Crippen LogP contribution is 2.32. The van der Waals surface area contributed by atoms with Crippen molar-refractivity contribution in [2.24, 2.45) is 11.8 Å². The van der Waals surface area contributed by atoms with E-state index in [1.807, 2.05) is 30.3 Å². The SMILES string of the molecule is O=S(=O)(Cc1ccccc1)NCC1CCCC1CBr. The van der Waals surface area contributed by atoms with Gasteiger partial charge in [-0.2, -0.15) is 0 Å². The third-order valence-electron chi connectivity index (χ3n) is 3.78. The maximum Gasteiger partial charge on any atom is 0.215 e. The molecule has 1 aromatic rings. The molecule has 0 heterocycles. The molecule has 2 rings (SSSR count). The van der Waals surface area contributed by atoms with Crippen molar-refractivity contribution in [3.8, 4) is 0 Å². The Morgan fingerprint density at radius 2 is 1.84 bits per heavy atom. The number of nitrogens with one attached hydrogen (secondary N) is 1. The Morgan fingerprint density at radius 1 is 1.16 bits per heavy atom. The van der Waals surface area contributed by atoms with Gasteiger partial charge in [-0.3, -0.25) is 0 Å². The third-order valence-corrected chi connectivity index (χ3v) is 5.93. The highest BCUT2D eigenvalue weighted by atomic mass is 79.9. The van der Waals surface area contributed by atoms with Gasteiger partial charge in [0.25, 0.3) is 0 Å². The Hall–Kier alpha value is -0.390. The van der Waals surface area contributed by atoms with E-state index in [1.165, 1.54) is 12.8 Å². The summed E-state index contributed by atoms with van der Waals surface area (Å²) in [7, 11) is -3.22. The van der Waals surface area contributed by atoms with E-state index in [0.717, 1.165) is 17.3 Å². The molecular formula is C14H20BrNO2S. The summed E-state index contributed by atoms with van der Waals surface area (Å²) in [5.41, 5.74) is 0.832. The normalized spacial score (nSPS) is 23.6. The summed E-state index contributed by atoms with van der Waals surface area (Å²) in [6.45, 7) is 0.575. The summed E-state index contributed by atoms with van der Waals surface area (Å²) < 4.78 is 26.8. The highest BCUT2D eigenvalue weighted by molar-refractivity contribution is 9.09. The van der Waals surface area contributed by atoms with Gasteiger partial charge in [-0.05, 0) is 30.2 Å². The lowest BCUT2D eigenvalue weighted by Crippen LogP contribution is -2.32. The van der Waals surface area contributed by atoms with Crippen LogP contribution in [-0.2, 0) is 15.8 Å². The third kappa shape index (κ3) is 4.58. The van der Waals surface area contributed by atoms with E-state index in [0.29, 0.717) is 18.4 Å². The smallest absolute Gasteiger partial charge is 0.215 e. The molecular weight excluding hydrogens is 326 g/mol. The molecule has 0 saturated heterocycles. The van der Waals surface area contributed by atoms with E-state index in [4.69, 9.17) is 0 Å². The molecule has 1 aromatic carbocycles. The fraction of sp³-hybridized carbons (Fsp3) is 0.571. The zero-order chi connectivity index (χ0) is 13.7. The monoisotopic (exact) mass is 345 g/mol. The molecule has 0 amide bonds. The van der Waals surface area contributed by atoms with Crippen LogP contribution < -0.4 is 4.72 Å². The predicted octanol–water partition coefficient (Wildman–Crippen LogP) is 2.92. The summed E-state index contributed by atoms with van der Waals surface area (Å²) >= 11 is 3.51. The second-order valence-corrected chi connectivity index (χ2v) is 7.65. The Balaban J connectivity index is 1.88. The number of hydrogen-bond donors (Lipinski definition) is 1. The van der Waals surface area contributed by atoms with Gasteiger partial charge in [0.2, 0.25) is 10.0 Å². The number of benzene rings is 1. The molecule has 1 fully saturated rings. The van der Waals surface area contributed by atoms with Crippen molar-refractivity contribution in [1.82, 2.24) is 4.72 Å². The second kappa shape index (κ2) is 6.86. The minimum absolute atomic E-state index is 0.0690. The molecule has 0 bridgehead atoms. The molecule has 0 aliphatic heterocycles. The van der Waals surface area contributed by atoms with Crippen LogP contribution in [0.3, 0.4) is 0 Å². The number of halogens is 1. The summed E-state index contributed by atoms with van der Waals surface area (Å²) in [5.74, 6) is 1.16. The topological polar surface area (TPSA) is 46.2 Å². The van der Waals surface area contributed by atoms with Crippen LogP contribution in [0.5, 0.6) is 0 Å². The molecule has 1 aliphatic rings. The number of sulfonamides is 1. The average Bonchev–Trinajstić information content (AvgIpc) is 2.84. The molecule has 19 heavy (non-hydrogen) atoms. The van der Waals surface area contributed by atoms with Gasteiger partial charge in [-0.15, -0.1) is 0 Å². The molecule has 0 aromatic heterocycles. The van der Waals surface area contributed by atoms with E-state index < -0.39 is 10.0 Å². The largest absolute Gasteiger partial charge is 0.215 e. The van der Waals surface area contributed by atoms with E-state index >= 15 is 0 Å². The van der Waals surface area contributed by atoms with Crippen LogP contribution in [0.1, 0.15) is 24.8 Å². The van der Waals surface area contributed by atoms with Gasteiger partial charge in [0, 0.05) is 11.9 Å². The molecule has 3 nitrogen and oxygen atoms in total. The van der Waals surface area contributed by atoms with E-state index in [-0.39, 0.29) is 5.75 Å². The lowest BCUT2D eigenvalue weighted by Gasteiger charge is -2.17. The Labute approximate surface area is 124 Å². The van der Waals surface area contributed by atoms with Crippen LogP contribution in [0.2, 0.25) is 0 Å². The van der Waals surface area contributed by atoms with Gasteiger partial charge in [0.05, 0.1) is 5.75 Å². The Morgan fingerprint density at radius 3 is 2.53 bits per heavy atom. The van der Waals surface area contributed by atoms with E-state index in [1.54, 1.807) is 0 Å². The molecule has 2 unspecified atom stereocenters. The molecule has 5 heteroatoms. The zero-order valence-electron chi connectivity index (χ0n) is 10.9. The van der Waals surface area contributed by atoms with Gasteiger partial charge in [0.15, 0.2) is 0 Å². The molecule has 1 aliphatic carbocycles. The molecule has 0 spiro atoms. The minimum atomic E-state index is -3.22. The Bertz CT molecular complexity index is 489. The standard InChI is InChI=1S/C14H20BrNO2S/c15-9-13-7-4-8-14(13)10-16-19(17,18)11-12-5-2-1-3-6-12/h1-3,5-6,13-14,16H,4,7-11H2. The average molecular weight is 346 g/mol. The molecule has 2 atom stereocenters. The van der Waals surface area contributed by atoms with Crippen molar-refractivity contribution >= 4 is 26.0 Å². The summed E-state index contributed by atoms with van der Waals surface area (Å²) in [4.78, 5) is 0. The van der Waals surface area contributed by atoms with Crippen molar-refractivity contribution < 1.29 is 8.42 Å². The molecule has 1 N–H and O–H groups in total. The number of rotatable bonds is 6. The fourth-order valence-electron chi connectivity index (χ4n) is 2.66. The van der Waals surface area contributed by atoms with Crippen LogP contribution in [0.4, 0.5) is 0 Å². The van der Waals surface area contributed by atoms with Crippen LogP contribution in [0.25, 0.3) is 0 Å². The predicted molar refractivity (Wildman–Crippen MR) is 81.7 cm³/mol. The summed E-state index contributed by atoms with van der Waals surface area (Å²) in [6, 6.07) is 9.31. The van der Waals surface area contributed by atoms with Crippen molar-refractivity contribution in [3.05, 3.63) is 35.9 Å². The van der Waals surface area contributed by atoms with Crippen LogP contribution in [-0.4, -0.2) is 20.3 Å². The van der Waals surface area contributed by atoms with Gasteiger partial charge < -0.3 is 0 Å². The first kappa shape index (κ1) is 15.0. The number of hydrogen-bond acceptors (Lipinski definition) is 2. The molecule has 106 valence electrons.